The summed E-state index contributed by atoms with van der Waals surface area (Å²) < 4.78 is 0. The quantitative estimate of drug-likeness (QED) is 0.811. The van der Waals surface area contributed by atoms with Gasteiger partial charge in [0, 0.05) is 19.2 Å². The lowest BCUT2D eigenvalue weighted by Gasteiger charge is -2.27. The highest BCUT2D eigenvalue weighted by atomic mass is 15.1. The summed E-state index contributed by atoms with van der Waals surface area (Å²) in [4.78, 5) is 8.47. The second-order valence-electron chi connectivity index (χ2n) is 5.23. The maximum atomic E-state index is 4.29. The van der Waals surface area contributed by atoms with E-state index >= 15 is 0 Å². The number of anilines is 2. The zero-order chi connectivity index (χ0) is 12.8. The van der Waals surface area contributed by atoms with Crippen LogP contribution in [0.1, 0.15) is 46.0 Å². The third-order valence-electron chi connectivity index (χ3n) is 4.08. The molecule has 1 heterocycles. The maximum absolute atomic E-state index is 4.29. The number of nitrogens with zero attached hydrogens (tertiary/aromatic N) is 2. The van der Waals surface area contributed by atoms with Crippen molar-refractivity contribution in [1.82, 2.24) is 9.97 Å². The van der Waals surface area contributed by atoms with Crippen molar-refractivity contribution in [3.63, 3.8) is 0 Å². The normalized spacial score (nSPS) is 17.7. The molecule has 100 valence electrons. The van der Waals surface area contributed by atoms with E-state index in [4.69, 9.17) is 0 Å². The van der Waals surface area contributed by atoms with Crippen LogP contribution >= 0.6 is 0 Å². The van der Waals surface area contributed by atoms with Gasteiger partial charge in [0.15, 0.2) is 0 Å². The molecule has 1 aliphatic rings. The van der Waals surface area contributed by atoms with Crippen LogP contribution in [-0.2, 0) is 0 Å². The lowest BCUT2D eigenvalue weighted by atomic mass is 9.83. The van der Waals surface area contributed by atoms with Gasteiger partial charge in [0.05, 0.1) is 0 Å². The van der Waals surface area contributed by atoms with Gasteiger partial charge in [-0.15, -0.1) is 0 Å². The highest BCUT2D eigenvalue weighted by Gasteiger charge is 2.31. The van der Waals surface area contributed by atoms with Crippen molar-refractivity contribution >= 4 is 11.6 Å². The standard InChI is InChI=1S/C14H24N4/c1-3-14(7-5-6-8-14)10-16-13-9-12(15-4-2)17-11-18-13/h9,11H,3-8,10H2,1-2H3,(H2,15,16,17,18). The first-order valence-electron chi connectivity index (χ1n) is 7.08. The average molecular weight is 248 g/mol. The van der Waals surface area contributed by atoms with E-state index in [2.05, 4.69) is 34.4 Å². The minimum Gasteiger partial charge on any atom is -0.370 e. The fourth-order valence-corrected chi connectivity index (χ4v) is 2.79. The van der Waals surface area contributed by atoms with Crippen LogP contribution in [0.3, 0.4) is 0 Å². The minimum atomic E-state index is 0.489. The first-order chi connectivity index (χ1) is 8.78. The molecule has 1 saturated carbocycles. The summed E-state index contributed by atoms with van der Waals surface area (Å²) >= 11 is 0. The van der Waals surface area contributed by atoms with Crippen molar-refractivity contribution < 1.29 is 0 Å². The van der Waals surface area contributed by atoms with E-state index in [-0.39, 0.29) is 0 Å². The minimum absolute atomic E-state index is 0.489. The summed E-state index contributed by atoms with van der Waals surface area (Å²) in [5.74, 6) is 1.83. The topological polar surface area (TPSA) is 49.8 Å². The van der Waals surface area contributed by atoms with Crippen LogP contribution in [-0.4, -0.2) is 23.1 Å². The molecule has 4 nitrogen and oxygen atoms in total. The molecule has 0 spiro atoms. The fraction of sp³-hybridized carbons (Fsp3) is 0.714. The van der Waals surface area contributed by atoms with E-state index in [0.29, 0.717) is 5.41 Å². The lowest BCUT2D eigenvalue weighted by Crippen LogP contribution is -2.26. The van der Waals surface area contributed by atoms with E-state index in [1.807, 2.05) is 6.07 Å². The molecule has 1 aliphatic carbocycles. The van der Waals surface area contributed by atoms with Crippen LogP contribution in [0.5, 0.6) is 0 Å². The van der Waals surface area contributed by atoms with Crippen molar-refractivity contribution in [3.05, 3.63) is 12.4 Å². The third kappa shape index (κ3) is 3.12. The Labute approximate surface area is 110 Å². The van der Waals surface area contributed by atoms with E-state index in [9.17, 15) is 0 Å². The summed E-state index contributed by atoms with van der Waals surface area (Å²) in [5.41, 5.74) is 0.489. The molecule has 0 saturated heterocycles. The molecular formula is C14H24N4. The van der Waals surface area contributed by atoms with Crippen molar-refractivity contribution in [3.8, 4) is 0 Å². The highest BCUT2D eigenvalue weighted by Crippen LogP contribution is 2.40. The van der Waals surface area contributed by atoms with Crippen LogP contribution in [0.25, 0.3) is 0 Å². The Balaban J connectivity index is 1.94. The molecule has 18 heavy (non-hydrogen) atoms. The SMILES string of the molecule is CCNc1cc(NCC2(CC)CCCC2)ncn1. The van der Waals surface area contributed by atoms with E-state index in [1.54, 1.807) is 6.33 Å². The van der Waals surface area contributed by atoms with Gasteiger partial charge in [-0.3, -0.25) is 0 Å². The van der Waals surface area contributed by atoms with Gasteiger partial charge >= 0.3 is 0 Å². The molecule has 0 radical (unpaired) electrons. The molecule has 1 aromatic heterocycles. The Kier molecular flexibility index (Phi) is 4.39. The van der Waals surface area contributed by atoms with Crippen molar-refractivity contribution in [2.75, 3.05) is 23.7 Å². The van der Waals surface area contributed by atoms with Crippen molar-refractivity contribution in [2.45, 2.75) is 46.0 Å². The smallest absolute Gasteiger partial charge is 0.131 e. The molecule has 0 aliphatic heterocycles. The molecule has 0 aromatic carbocycles. The van der Waals surface area contributed by atoms with Crippen LogP contribution in [0.4, 0.5) is 11.6 Å². The number of nitrogens with one attached hydrogen (secondary N) is 2. The van der Waals surface area contributed by atoms with E-state index < -0.39 is 0 Å². The fourth-order valence-electron chi connectivity index (χ4n) is 2.79. The largest absolute Gasteiger partial charge is 0.370 e. The lowest BCUT2D eigenvalue weighted by molar-refractivity contribution is 0.306. The molecule has 4 heteroatoms. The van der Waals surface area contributed by atoms with Crippen molar-refractivity contribution in [1.29, 1.82) is 0 Å². The van der Waals surface area contributed by atoms with Gasteiger partial charge in [-0.2, -0.15) is 0 Å². The van der Waals surface area contributed by atoms with Crippen LogP contribution in [0, 0.1) is 5.41 Å². The number of rotatable bonds is 6. The summed E-state index contributed by atoms with van der Waals surface area (Å²) in [6.45, 7) is 6.29. The van der Waals surface area contributed by atoms with Gasteiger partial charge in [-0.05, 0) is 31.6 Å². The van der Waals surface area contributed by atoms with Gasteiger partial charge < -0.3 is 10.6 Å². The monoisotopic (exact) mass is 248 g/mol. The molecule has 0 unspecified atom stereocenters. The zero-order valence-corrected chi connectivity index (χ0v) is 11.5. The van der Waals surface area contributed by atoms with E-state index in [1.165, 1.54) is 32.1 Å². The predicted molar refractivity (Wildman–Crippen MR) is 75.9 cm³/mol. The average Bonchev–Trinajstić information content (AvgIpc) is 2.87. The Morgan fingerprint density at radius 2 is 1.78 bits per heavy atom. The Bertz CT molecular complexity index is 372. The Hall–Kier alpha value is -1.32. The molecule has 2 N–H and O–H groups in total. The van der Waals surface area contributed by atoms with Crippen LogP contribution in [0.15, 0.2) is 12.4 Å². The highest BCUT2D eigenvalue weighted by molar-refractivity contribution is 5.46. The molecular weight excluding hydrogens is 224 g/mol. The number of aromatic nitrogens is 2. The van der Waals surface area contributed by atoms with Gasteiger partial charge in [-0.1, -0.05) is 19.8 Å². The third-order valence-corrected chi connectivity index (χ3v) is 4.08. The summed E-state index contributed by atoms with van der Waals surface area (Å²) in [6.07, 6.45) is 8.33. The summed E-state index contributed by atoms with van der Waals surface area (Å²) in [6, 6.07) is 1.99. The molecule has 0 amide bonds. The van der Waals surface area contributed by atoms with Gasteiger partial charge in [0.25, 0.3) is 0 Å². The summed E-state index contributed by atoms with van der Waals surface area (Å²) in [5, 5.41) is 6.69. The van der Waals surface area contributed by atoms with Gasteiger partial charge in [0.1, 0.15) is 18.0 Å². The van der Waals surface area contributed by atoms with Crippen LogP contribution < -0.4 is 10.6 Å². The van der Waals surface area contributed by atoms with Gasteiger partial charge in [0.2, 0.25) is 0 Å². The Morgan fingerprint density at radius 1 is 1.11 bits per heavy atom. The molecule has 0 bridgehead atoms. The van der Waals surface area contributed by atoms with E-state index in [0.717, 1.165) is 24.7 Å². The zero-order valence-electron chi connectivity index (χ0n) is 11.5. The van der Waals surface area contributed by atoms with Crippen molar-refractivity contribution in [2.24, 2.45) is 5.41 Å². The molecule has 1 aromatic rings. The second-order valence-corrected chi connectivity index (χ2v) is 5.23. The first-order valence-corrected chi connectivity index (χ1v) is 7.08. The second kappa shape index (κ2) is 6.03. The number of hydrogen-bond acceptors (Lipinski definition) is 4. The summed E-state index contributed by atoms with van der Waals surface area (Å²) in [7, 11) is 0. The molecule has 1 fully saturated rings. The number of hydrogen-bond donors (Lipinski definition) is 2. The Morgan fingerprint density at radius 3 is 2.39 bits per heavy atom. The predicted octanol–water partition coefficient (Wildman–Crippen LogP) is 3.29. The first kappa shape index (κ1) is 13.1. The van der Waals surface area contributed by atoms with Crippen LogP contribution in [0.2, 0.25) is 0 Å². The molecule has 2 rings (SSSR count). The van der Waals surface area contributed by atoms with Gasteiger partial charge in [-0.25, -0.2) is 9.97 Å². The molecule has 0 atom stereocenters. The maximum Gasteiger partial charge on any atom is 0.131 e.